The van der Waals surface area contributed by atoms with Gasteiger partial charge in [0.25, 0.3) is 0 Å². The fourth-order valence-electron chi connectivity index (χ4n) is 4.29. The summed E-state index contributed by atoms with van der Waals surface area (Å²) >= 11 is 0. The number of hydrogen-bond donors (Lipinski definition) is 1. The van der Waals surface area contributed by atoms with Gasteiger partial charge in [0.15, 0.2) is 0 Å². The van der Waals surface area contributed by atoms with Crippen molar-refractivity contribution in [1.82, 2.24) is 0 Å². The maximum Gasteiger partial charge on any atom is 0.460 e. The van der Waals surface area contributed by atoms with Crippen LogP contribution in [0.25, 0.3) is 0 Å². The second kappa shape index (κ2) is 10.1. The van der Waals surface area contributed by atoms with Crippen molar-refractivity contribution in [2.75, 3.05) is 0 Å². The minimum absolute atomic E-state index is 0.0237. The molecule has 1 N–H and O–H groups in total. The number of para-hydroxylation sites is 1. The Hall–Kier alpha value is -2.35. The maximum absolute atomic E-state index is 10.9. The van der Waals surface area contributed by atoms with Gasteiger partial charge >= 0.3 is 8.60 Å². The molecule has 1 unspecified atom stereocenters. The quantitative estimate of drug-likeness (QED) is 0.361. The predicted octanol–water partition coefficient (Wildman–Crippen LogP) is 8.47. The van der Waals surface area contributed by atoms with Crippen molar-refractivity contribution in [3.63, 3.8) is 0 Å². The van der Waals surface area contributed by atoms with Gasteiger partial charge < -0.3 is 13.9 Å². The first kappa shape index (κ1) is 26.3. The Labute approximate surface area is 207 Å². The van der Waals surface area contributed by atoms with E-state index in [9.17, 15) is 4.89 Å². The van der Waals surface area contributed by atoms with E-state index < -0.39 is 8.60 Å². The van der Waals surface area contributed by atoms with E-state index in [1.165, 1.54) is 22.3 Å². The van der Waals surface area contributed by atoms with Crippen LogP contribution >= 0.6 is 8.60 Å². The summed E-state index contributed by atoms with van der Waals surface area (Å²) in [5.74, 6) is 1.33. The van der Waals surface area contributed by atoms with Gasteiger partial charge in [0.05, 0.1) is 0 Å². The molecule has 3 aromatic rings. The van der Waals surface area contributed by atoms with E-state index in [1.807, 2.05) is 30.3 Å². The normalized spacial score (nSPS) is 13.0. The standard InChI is InChI=1S/C30H39O3P/c1-20-13-12-15-23(22(20)3)18-24-14-10-11-16-27(24)32-34(31)33-28-17-21(2)25(29(4,5)6)19-26(28)30(7,8)9/h10-17,19,31H,18H2,1-9H3. The topological polar surface area (TPSA) is 38.7 Å². The highest BCUT2D eigenvalue weighted by atomic mass is 31.2. The molecule has 0 amide bonds. The molecule has 3 rings (SSSR count). The molecule has 0 saturated carbocycles. The lowest BCUT2D eigenvalue weighted by molar-refractivity contribution is 0.374. The molecule has 0 heterocycles. The zero-order valence-electron chi connectivity index (χ0n) is 22.1. The number of benzene rings is 3. The third kappa shape index (κ3) is 6.20. The number of aryl methyl sites for hydroxylation is 2. The Bertz CT molecular complexity index is 1150. The molecule has 1 atom stereocenters. The lowest BCUT2D eigenvalue weighted by Crippen LogP contribution is -2.18. The molecule has 0 aromatic heterocycles. The molecule has 3 nitrogen and oxygen atoms in total. The predicted molar refractivity (Wildman–Crippen MR) is 144 cm³/mol. The van der Waals surface area contributed by atoms with Gasteiger partial charge in [-0.2, -0.15) is 0 Å². The highest BCUT2D eigenvalue weighted by Gasteiger charge is 2.27. The third-order valence-electron chi connectivity index (χ3n) is 6.37. The summed E-state index contributed by atoms with van der Waals surface area (Å²) < 4.78 is 12.1. The van der Waals surface area contributed by atoms with Crippen LogP contribution in [-0.2, 0) is 17.3 Å². The monoisotopic (exact) mass is 478 g/mol. The molecular formula is C30H39O3P. The van der Waals surface area contributed by atoms with Crippen molar-refractivity contribution < 1.29 is 13.9 Å². The van der Waals surface area contributed by atoms with Crippen molar-refractivity contribution in [3.05, 3.63) is 93.5 Å². The average Bonchev–Trinajstić information content (AvgIpc) is 2.71. The molecule has 0 aliphatic rings. The smallest absolute Gasteiger partial charge is 0.418 e. The Kier molecular flexibility index (Phi) is 7.80. The van der Waals surface area contributed by atoms with E-state index in [-0.39, 0.29) is 10.8 Å². The molecule has 0 fully saturated rings. The molecule has 0 aliphatic carbocycles. The third-order valence-corrected chi connectivity index (χ3v) is 7.07. The molecule has 0 saturated heterocycles. The van der Waals surface area contributed by atoms with Crippen LogP contribution in [-0.4, -0.2) is 4.89 Å². The second-order valence-electron chi connectivity index (χ2n) is 11.2. The minimum atomic E-state index is -2.15. The first-order valence-electron chi connectivity index (χ1n) is 11.9. The molecule has 182 valence electrons. The first-order valence-corrected chi connectivity index (χ1v) is 13.0. The molecule has 4 heteroatoms. The molecule has 0 bridgehead atoms. The summed E-state index contributed by atoms with van der Waals surface area (Å²) in [7, 11) is -2.15. The molecular weight excluding hydrogens is 439 g/mol. The fourth-order valence-corrected chi connectivity index (χ4v) is 4.99. The van der Waals surface area contributed by atoms with Crippen molar-refractivity contribution >= 4 is 8.60 Å². The largest absolute Gasteiger partial charge is 0.460 e. The SMILES string of the molecule is Cc1cc(OP(O)Oc2ccccc2Cc2cccc(C)c2C)c(C(C)(C)C)cc1C(C)(C)C. The van der Waals surface area contributed by atoms with E-state index in [0.717, 1.165) is 23.1 Å². The summed E-state index contributed by atoms with van der Waals surface area (Å²) in [5, 5.41) is 0. The summed E-state index contributed by atoms with van der Waals surface area (Å²) in [4.78, 5) is 10.9. The zero-order chi connectivity index (χ0) is 25.3. The molecule has 0 spiro atoms. The molecule has 0 aliphatic heterocycles. The summed E-state index contributed by atoms with van der Waals surface area (Å²) in [6, 6.07) is 18.5. The summed E-state index contributed by atoms with van der Waals surface area (Å²) in [5.41, 5.74) is 8.21. The van der Waals surface area contributed by atoms with Gasteiger partial charge in [-0.3, -0.25) is 0 Å². The first-order chi connectivity index (χ1) is 15.8. The number of rotatable bonds is 6. The van der Waals surface area contributed by atoms with E-state index in [2.05, 4.69) is 86.6 Å². The van der Waals surface area contributed by atoms with Crippen LogP contribution in [0, 0.1) is 20.8 Å². The van der Waals surface area contributed by atoms with Crippen LogP contribution in [0.15, 0.2) is 54.6 Å². The van der Waals surface area contributed by atoms with Crippen molar-refractivity contribution in [1.29, 1.82) is 0 Å². The fraction of sp³-hybridized carbons (Fsp3) is 0.400. The van der Waals surface area contributed by atoms with Gasteiger partial charge in [0.1, 0.15) is 11.5 Å². The average molecular weight is 479 g/mol. The van der Waals surface area contributed by atoms with Crippen LogP contribution in [0.2, 0.25) is 0 Å². The Balaban J connectivity index is 1.88. The van der Waals surface area contributed by atoms with Gasteiger partial charge in [0.2, 0.25) is 0 Å². The van der Waals surface area contributed by atoms with Crippen LogP contribution in [0.5, 0.6) is 11.5 Å². The summed E-state index contributed by atoms with van der Waals surface area (Å²) in [6.45, 7) is 19.5. The van der Waals surface area contributed by atoms with Gasteiger partial charge in [0, 0.05) is 12.0 Å². The minimum Gasteiger partial charge on any atom is -0.418 e. The maximum atomic E-state index is 10.9. The Morgan fingerprint density at radius 3 is 1.91 bits per heavy atom. The lowest BCUT2D eigenvalue weighted by atomic mass is 9.78. The highest BCUT2D eigenvalue weighted by Crippen LogP contribution is 2.44. The van der Waals surface area contributed by atoms with Crippen LogP contribution in [0.1, 0.15) is 80.5 Å². The van der Waals surface area contributed by atoms with E-state index in [4.69, 9.17) is 9.05 Å². The van der Waals surface area contributed by atoms with Gasteiger partial charge in [-0.25, -0.2) is 0 Å². The number of hydrogen-bond acceptors (Lipinski definition) is 3. The zero-order valence-corrected chi connectivity index (χ0v) is 23.0. The second-order valence-corrected chi connectivity index (χ2v) is 12.1. The molecule has 34 heavy (non-hydrogen) atoms. The van der Waals surface area contributed by atoms with Gasteiger partial charge in [-0.15, -0.1) is 0 Å². The van der Waals surface area contributed by atoms with Crippen molar-refractivity contribution in [2.45, 2.75) is 79.6 Å². The van der Waals surface area contributed by atoms with Crippen LogP contribution < -0.4 is 9.05 Å². The highest BCUT2D eigenvalue weighted by molar-refractivity contribution is 7.41. The Morgan fingerprint density at radius 2 is 1.26 bits per heavy atom. The van der Waals surface area contributed by atoms with Crippen LogP contribution in [0.3, 0.4) is 0 Å². The van der Waals surface area contributed by atoms with E-state index in [0.29, 0.717) is 11.5 Å². The van der Waals surface area contributed by atoms with Crippen molar-refractivity contribution in [2.24, 2.45) is 0 Å². The Morgan fingerprint density at radius 1 is 0.676 bits per heavy atom. The van der Waals surface area contributed by atoms with Gasteiger partial charge in [-0.1, -0.05) is 84.0 Å². The summed E-state index contributed by atoms with van der Waals surface area (Å²) in [6.07, 6.45) is 0.736. The van der Waals surface area contributed by atoms with Crippen LogP contribution in [0.4, 0.5) is 0 Å². The van der Waals surface area contributed by atoms with E-state index >= 15 is 0 Å². The molecule has 0 radical (unpaired) electrons. The van der Waals surface area contributed by atoms with E-state index in [1.54, 1.807) is 0 Å². The molecule has 3 aromatic carbocycles. The van der Waals surface area contributed by atoms with Crippen molar-refractivity contribution in [3.8, 4) is 11.5 Å². The van der Waals surface area contributed by atoms with Gasteiger partial charge in [-0.05, 0) is 77.1 Å². The lowest BCUT2D eigenvalue weighted by Gasteiger charge is -2.29.